The SMILES string of the molecule is CC[C@@H]1Oc2cccc(-c3c(OC)cccc3OC)c2[P@]1C(C)(C)C. The number of fused-ring (bicyclic) bond motifs is 1. The zero-order valence-electron chi connectivity index (χ0n) is 15.9. The molecule has 2 aromatic carbocycles. The molecule has 0 amide bonds. The maximum Gasteiger partial charge on any atom is 0.130 e. The van der Waals surface area contributed by atoms with Crippen molar-refractivity contribution in [3.05, 3.63) is 36.4 Å². The van der Waals surface area contributed by atoms with Crippen molar-refractivity contribution in [3.63, 3.8) is 0 Å². The summed E-state index contributed by atoms with van der Waals surface area (Å²) in [6.45, 7) is 9.16. The van der Waals surface area contributed by atoms with Crippen LogP contribution >= 0.6 is 7.92 Å². The van der Waals surface area contributed by atoms with Crippen molar-refractivity contribution >= 4 is 13.2 Å². The Morgan fingerprint density at radius 3 is 2.12 bits per heavy atom. The minimum atomic E-state index is -0.478. The van der Waals surface area contributed by atoms with E-state index in [0.717, 1.165) is 29.2 Å². The molecule has 0 radical (unpaired) electrons. The Kier molecular flexibility index (Phi) is 4.97. The molecule has 0 saturated heterocycles. The molecule has 0 fully saturated rings. The second kappa shape index (κ2) is 6.88. The van der Waals surface area contributed by atoms with E-state index in [1.807, 2.05) is 18.2 Å². The van der Waals surface area contributed by atoms with E-state index in [0.29, 0.717) is 0 Å². The van der Waals surface area contributed by atoms with Gasteiger partial charge >= 0.3 is 0 Å². The third-order valence-electron chi connectivity index (χ3n) is 4.56. The molecule has 4 heteroatoms. The number of methoxy groups -OCH3 is 2. The third kappa shape index (κ3) is 3.11. The summed E-state index contributed by atoms with van der Waals surface area (Å²) in [5, 5.41) is 1.49. The smallest absolute Gasteiger partial charge is 0.130 e. The molecule has 3 rings (SSSR count). The topological polar surface area (TPSA) is 27.7 Å². The average Bonchev–Trinajstić information content (AvgIpc) is 3.00. The van der Waals surface area contributed by atoms with Crippen molar-refractivity contribution in [2.24, 2.45) is 0 Å². The molecule has 0 N–H and O–H groups in total. The standard InChI is InChI=1S/C21H27O3P/c1-7-18-24-17-13-8-10-14(20(17)25(18)21(2,3)4)19-15(22-5)11-9-12-16(19)23-6/h8-13,18H,7H2,1-6H3/t18-,25-/m1/s1. The summed E-state index contributed by atoms with van der Waals surface area (Å²) in [5.74, 6) is 2.93. The van der Waals surface area contributed by atoms with Gasteiger partial charge in [0.2, 0.25) is 0 Å². The molecule has 1 aliphatic rings. The van der Waals surface area contributed by atoms with Crippen LogP contribution in [0.4, 0.5) is 0 Å². The number of hydrogen-bond donors (Lipinski definition) is 0. The quantitative estimate of drug-likeness (QED) is 0.685. The number of benzene rings is 2. The molecule has 1 aliphatic heterocycles. The van der Waals surface area contributed by atoms with Gasteiger partial charge in [0.05, 0.1) is 19.8 Å². The van der Waals surface area contributed by atoms with E-state index >= 15 is 0 Å². The van der Waals surface area contributed by atoms with Crippen LogP contribution in [0, 0.1) is 0 Å². The van der Waals surface area contributed by atoms with E-state index in [-0.39, 0.29) is 11.0 Å². The van der Waals surface area contributed by atoms with E-state index in [9.17, 15) is 0 Å². The maximum atomic E-state index is 6.35. The summed E-state index contributed by atoms with van der Waals surface area (Å²) < 4.78 is 17.7. The first-order valence-corrected chi connectivity index (χ1v) is 10.1. The van der Waals surface area contributed by atoms with Gasteiger partial charge in [-0.05, 0) is 37.7 Å². The third-order valence-corrected chi connectivity index (χ3v) is 8.00. The zero-order chi connectivity index (χ0) is 18.2. The lowest BCUT2D eigenvalue weighted by atomic mass is 10.0. The van der Waals surface area contributed by atoms with Crippen molar-refractivity contribution in [1.29, 1.82) is 0 Å². The highest BCUT2D eigenvalue weighted by atomic mass is 31.1. The van der Waals surface area contributed by atoms with Gasteiger partial charge in [-0.3, -0.25) is 0 Å². The van der Waals surface area contributed by atoms with Crippen LogP contribution in [0.1, 0.15) is 34.1 Å². The van der Waals surface area contributed by atoms with Gasteiger partial charge in [-0.2, -0.15) is 0 Å². The minimum absolute atomic E-state index is 0.159. The van der Waals surface area contributed by atoms with Gasteiger partial charge in [0.25, 0.3) is 0 Å². The fourth-order valence-electron chi connectivity index (χ4n) is 3.56. The summed E-state index contributed by atoms with van der Waals surface area (Å²) in [5.41, 5.74) is 2.19. The van der Waals surface area contributed by atoms with E-state index in [4.69, 9.17) is 14.2 Å². The molecule has 3 nitrogen and oxygen atoms in total. The van der Waals surface area contributed by atoms with Crippen molar-refractivity contribution in [3.8, 4) is 28.4 Å². The lowest BCUT2D eigenvalue weighted by molar-refractivity contribution is 0.288. The van der Waals surface area contributed by atoms with Gasteiger partial charge < -0.3 is 14.2 Å². The molecule has 1 heterocycles. The first kappa shape index (κ1) is 18.1. The second-order valence-electron chi connectivity index (χ2n) is 7.21. The van der Waals surface area contributed by atoms with Gasteiger partial charge in [-0.15, -0.1) is 0 Å². The van der Waals surface area contributed by atoms with Crippen LogP contribution < -0.4 is 19.5 Å². The van der Waals surface area contributed by atoms with E-state index in [1.54, 1.807) is 14.2 Å². The zero-order valence-corrected chi connectivity index (χ0v) is 16.8. The minimum Gasteiger partial charge on any atom is -0.496 e. The van der Waals surface area contributed by atoms with Crippen LogP contribution in [0.25, 0.3) is 11.1 Å². The molecule has 0 saturated carbocycles. The van der Waals surface area contributed by atoms with E-state index in [2.05, 4.69) is 45.9 Å². The molecular weight excluding hydrogens is 331 g/mol. The fraction of sp³-hybridized carbons (Fsp3) is 0.429. The molecule has 134 valence electrons. The average molecular weight is 358 g/mol. The van der Waals surface area contributed by atoms with Gasteiger partial charge in [0, 0.05) is 10.9 Å². The lowest BCUT2D eigenvalue weighted by Gasteiger charge is -2.32. The highest BCUT2D eigenvalue weighted by Gasteiger charge is 2.42. The van der Waals surface area contributed by atoms with Gasteiger partial charge in [-0.25, -0.2) is 0 Å². The Morgan fingerprint density at radius 1 is 1.00 bits per heavy atom. The molecular formula is C21H27O3P. The van der Waals surface area contributed by atoms with Gasteiger partial charge in [0.1, 0.15) is 23.1 Å². The Balaban J connectivity index is 2.28. The number of rotatable bonds is 4. The van der Waals surface area contributed by atoms with Gasteiger partial charge in [-0.1, -0.05) is 45.9 Å². The van der Waals surface area contributed by atoms with E-state index < -0.39 is 7.92 Å². The molecule has 25 heavy (non-hydrogen) atoms. The molecule has 0 bridgehead atoms. The number of ether oxygens (including phenoxy) is 3. The summed E-state index contributed by atoms with van der Waals surface area (Å²) in [7, 11) is 2.94. The monoisotopic (exact) mass is 358 g/mol. The van der Waals surface area contributed by atoms with Crippen LogP contribution in [0.2, 0.25) is 0 Å². The van der Waals surface area contributed by atoms with E-state index in [1.165, 1.54) is 10.9 Å². The van der Waals surface area contributed by atoms with Crippen molar-refractivity contribution in [2.45, 2.75) is 45.1 Å². The molecule has 0 unspecified atom stereocenters. The molecule has 2 atom stereocenters. The normalized spacial score (nSPS) is 19.3. The van der Waals surface area contributed by atoms with Crippen LogP contribution in [0.3, 0.4) is 0 Å². The fourth-order valence-corrected chi connectivity index (χ4v) is 6.78. The van der Waals surface area contributed by atoms with Gasteiger partial charge in [0.15, 0.2) is 0 Å². The van der Waals surface area contributed by atoms with Crippen LogP contribution in [0.15, 0.2) is 36.4 Å². The summed E-state index contributed by atoms with van der Waals surface area (Å²) in [6, 6.07) is 12.3. The van der Waals surface area contributed by atoms with Crippen LogP contribution in [0.5, 0.6) is 17.2 Å². The second-order valence-corrected chi connectivity index (χ2v) is 10.3. The Morgan fingerprint density at radius 2 is 1.60 bits per heavy atom. The first-order valence-electron chi connectivity index (χ1n) is 8.72. The predicted octanol–water partition coefficient (Wildman–Crippen LogP) is 5.41. The number of hydrogen-bond acceptors (Lipinski definition) is 3. The largest absolute Gasteiger partial charge is 0.496 e. The molecule has 0 aromatic heterocycles. The van der Waals surface area contributed by atoms with Crippen LogP contribution in [-0.4, -0.2) is 25.2 Å². The first-order chi connectivity index (χ1) is 11.9. The molecule has 0 aliphatic carbocycles. The predicted molar refractivity (Wildman–Crippen MR) is 106 cm³/mol. The van der Waals surface area contributed by atoms with Crippen LogP contribution in [-0.2, 0) is 0 Å². The van der Waals surface area contributed by atoms with Crippen molar-refractivity contribution < 1.29 is 14.2 Å². The summed E-state index contributed by atoms with van der Waals surface area (Å²) in [4.78, 5) is 0. The maximum absolute atomic E-state index is 6.35. The lowest BCUT2D eigenvalue weighted by Crippen LogP contribution is -2.24. The molecule has 2 aromatic rings. The molecule has 0 spiro atoms. The Bertz CT molecular complexity index is 742. The Labute approximate surface area is 152 Å². The summed E-state index contributed by atoms with van der Waals surface area (Å²) >= 11 is 0. The van der Waals surface area contributed by atoms with Crippen molar-refractivity contribution in [1.82, 2.24) is 0 Å². The summed E-state index contributed by atoms with van der Waals surface area (Å²) in [6.07, 6.45) is 1.01. The highest BCUT2D eigenvalue weighted by Crippen LogP contribution is 2.61. The Hall–Kier alpha value is -1.73. The highest BCUT2D eigenvalue weighted by molar-refractivity contribution is 7.68. The van der Waals surface area contributed by atoms with Crippen molar-refractivity contribution in [2.75, 3.05) is 14.2 Å².